The van der Waals surface area contributed by atoms with Gasteiger partial charge in [-0.1, -0.05) is 60.1 Å². The van der Waals surface area contributed by atoms with Crippen molar-refractivity contribution in [1.82, 2.24) is 9.63 Å². The second-order valence-corrected chi connectivity index (χ2v) is 7.68. The van der Waals surface area contributed by atoms with E-state index in [0.29, 0.717) is 16.6 Å². The van der Waals surface area contributed by atoms with Crippen LogP contribution in [-0.4, -0.2) is 26.4 Å². The van der Waals surface area contributed by atoms with E-state index in [4.69, 9.17) is 11.6 Å². The third-order valence-electron chi connectivity index (χ3n) is 5.37. The topological polar surface area (TPSA) is 53.1 Å². The van der Waals surface area contributed by atoms with Crippen molar-refractivity contribution in [2.45, 2.75) is 6.04 Å². The first-order valence-electron chi connectivity index (χ1n) is 9.62. The number of rotatable bonds is 3. The molecule has 30 heavy (non-hydrogen) atoms. The summed E-state index contributed by atoms with van der Waals surface area (Å²) in [6.07, 6.45) is 2.04. The molecule has 0 amide bonds. The molecular weight excluding hydrogens is 396 g/mol. The highest BCUT2D eigenvalue weighted by molar-refractivity contribution is 6.30. The zero-order valence-corrected chi connectivity index (χ0v) is 17.0. The van der Waals surface area contributed by atoms with Crippen LogP contribution in [0.4, 0.5) is 0 Å². The average Bonchev–Trinajstić information content (AvgIpc) is 3.11. The Morgan fingerprint density at radius 1 is 0.833 bits per heavy atom. The van der Waals surface area contributed by atoms with Gasteiger partial charge in [-0.2, -0.15) is 5.10 Å². The van der Waals surface area contributed by atoms with E-state index in [0.717, 1.165) is 27.6 Å². The predicted octanol–water partition coefficient (Wildman–Crippen LogP) is 5.43. The summed E-state index contributed by atoms with van der Waals surface area (Å²) in [5, 5.41) is 23.2. The highest BCUT2D eigenvalue weighted by Crippen LogP contribution is 2.35. The minimum Gasteiger partial charge on any atom is -0.350 e. The molecule has 3 aromatic carbocycles. The summed E-state index contributed by atoms with van der Waals surface area (Å²) in [7, 11) is 2.00. The molecule has 148 valence electrons. The fourth-order valence-electron chi connectivity index (χ4n) is 3.92. The number of hydroxylamine groups is 2. The summed E-state index contributed by atoms with van der Waals surface area (Å²) in [5.41, 5.74) is 4.38. The van der Waals surface area contributed by atoms with E-state index in [9.17, 15) is 5.21 Å². The molecule has 0 saturated heterocycles. The lowest BCUT2D eigenvalue weighted by molar-refractivity contribution is -0.0343. The zero-order chi connectivity index (χ0) is 20.7. The van der Waals surface area contributed by atoms with E-state index < -0.39 is 6.04 Å². The first-order valence-corrected chi connectivity index (χ1v) is 10.0. The van der Waals surface area contributed by atoms with Gasteiger partial charge in [-0.15, -0.1) is 5.10 Å². The maximum atomic E-state index is 11.4. The fraction of sp³-hybridized carbons (Fsp3) is 0.0833. The van der Waals surface area contributed by atoms with Gasteiger partial charge in [-0.05, 0) is 30.3 Å². The van der Waals surface area contributed by atoms with Crippen LogP contribution in [0.25, 0.3) is 10.9 Å². The van der Waals surface area contributed by atoms with E-state index >= 15 is 0 Å². The molecule has 0 saturated carbocycles. The molecule has 1 N–H and O–H groups in total. The van der Waals surface area contributed by atoms with E-state index in [2.05, 4.69) is 26.9 Å². The molecule has 6 heteroatoms. The van der Waals surface area contributed by atoms with Crippen LogP contribution in [0.3, 0.4) is 0 Å². The van der Waals surface area contributed by atoms with Crippen LogP contribution in [-0.2, 0) is 7.05 Å². The summed E-state index contributed by atoms with van der Waals surface area (Å²) in [6, 6.07) is 24.7. The molecule has 0 unspecified atom stereocenters. The predicted molar refractivity (Wildman–Crippen MR) is 120 cm³/mol. The minimum atomic E-state index is -0.512. The van der Waals surface area contributed by atoms with Crippen LogP contribution < -0.4 is 0 Å². The fourth-order valence-corrected chi connectivity index (χ4v) is 4.05. The quantitative estimate of drug-likeness (QED) is 0.486. The van der Waals surface area contributed by atoms with Gasteiger partial charge in [-0.3, -0.25) is 5.21 Å². The maximum Gasteiger partial charge on any atom is 0.182 e. The summed E-state index contributed by atoms with van der Waals surface area (Å²) in [4.78, 5) is 0. The molecule has 4 aromatic rings. The molecule has 0 radical (unpaired) electrons. The van der Waals surface area contributed by atoms with Crippen molar-refractivity contribution in [1.29, 1.82) is 0 Å². The summed E-state index contributed by atoms with van der Waals surface area (Å²) >= 11 is 6.04. The van der Waals surface area contributed by atoms with Gasteiger partial charge in [0.2, 0.25) is 0 Å². The molecule has 1 aliphatic heterocycles. The Bertz CT molecular complexity index is 1280. The number of fused-ring (bicyclic) bond motifs is 1. The number of para-hydroxylation sites is 1. The van der Waals surface area contributed by atoms with E-state index in [1.807, 2.05) is 67.8 Å². The number of aryl methyl sites for hydroxylation is 1. The Labute approximate surface area is 179 Å². The van der Waals surface area contributed by atoms with E-state index in [1.165, 1.54) is 5.06 Å². The van der Waals surface area contributed by atoms with Gasteiger partial charge < -0.3 is 4.57 Å². The normalized spacial score (nSPS) is 16.5. The molecule has 1 aliphatic rings. The second-order valence-electron chi connectivity index (χ2n) is 7.24. The molecule has 0 fully saturated rings. The van der Waals surface area contributed by atoms with Crippen molar-refractivity contribution in [3.8, 4) is 0 Å². The Hall–Kier alpha value is -3.41. The van der Waals surface area contributed by atoms with Crippen LogP contribution in [0.5, 0.6) is 0 Å². The lowest BCUT2D eigenvalue weighted by Crippen LogP contribution is -2.39. The number of benzene rings is 3. The van der Waals surface area contributed by atoms with Crippen LogP contribution in [0.15, 0.2) is 95.3 Å². The number of nitrogens with zero attached hydrogens (tertiary/aromatic N) is 4. The Balaban J connectivity index is 1.71. The zero-order valence-electron chi connectivity index (χ0n) is 16.3. The smallest absolute Gasteiger partial charge is 0.182 e. The van der Waals surface area contributed by atoms with Gasteiger partial charge in [0.05, 0.1) is 0 Å². The summed E-state index contributed by atoms with van der Waals surface area (Å²) in [5.74, 6) is 0.379. The SMILES string of the molecule is Cn1cc([C@H]2C(c3ccccc3)=NN=C(c3ccc(Cl)cc3)N2O)c2ccccc21. The van der Waals surface area contributed by atoms with Gasteiger partial charge in [0.1, 0.15) is 11.8 Å². The number of hydrogen-bond donors (Lipinski definition) is 1. The van der Waals surface area contributed by atoms with Gasteiger partial charge in [0.25, 0.3) is 0 Å². The molecule has 0 aliphatic carbocycles. The van der Waals surface area contributed by atoms with Crippen LogP contribution in [0.1, 0.15) is 22.7 Å². The number of halogens is 1. The highest BCUT2D eigenvalue weighted by Gasteiger charge is 2.34. The third kappa shape index (κ3) is 3.09. The van der Waals surface area contributed by atoms with Gasteiger partial charge >= 0.3 is 0 Å². The van der Waals surface area contributed by atoms with Crippen molar-refractivity contribution in [3.63, 3.8) is 0 Å². The number of amidine groups is 1. The molecule has 2 heterocycles. The Kier molecular flexibility index (Phi) is 4.62. The standard InChI is InChI=1S/C24H19ClN4O/c1-28-15-20(19-9-5-6-10-21(19)28)23-22(16-7-3-2-4-8-16)26-27-24(29(23)30)17-11-13-18(25)14-12-17/h2-15,23,30H,1H3/t23-/m0/s1. The van der Waals surface area contributed by atoms with Crippen molar-refractivity contribution < 1.29 is 5.21 Å². The molecule has 5 rings (SSSR count). The van der Waals surface area contributed by atoms with Gasteiger partial charge in [-0.25, -0.2) is 5.06 Å². The van der Waals surface area contributed by atoms with Gasteiger partial charge in [0, 0.05) is 45.9 Å². The highest BCUT2D eigenvalue weighted by atomic mass is 35.5. The van der Waals surface area contributed by atoms with Gasteiger partial charge in [0.15, 0.2) is 5.84 Å². The second kappa shape index (κ2) is 7.44. The Morgan fingerprint density at radius 2 is 1.53 bits per heavy atom. The molecular formula is C24H19ClN4O. The lowest BCUT2D eigenvalue weighted by atomic mass is 9.94. The molecule has 1 aromatic heterocycles. The van der Waals surface area contributed by atoms with Crippen LogP contribution in [0, 0.1) is 0 Å². The summed E-state index contributed by atoms with van der Waals surface area (Å²) < 4.78 is 2.06. The Morgan fingerprint density at radius 3 is 2.30 bits per heavy atom. The maximum absolute atomic E-state index is 11.4. The van der Waals surface area contributed by atoms with E-state index in [1.54, 1.807) is 12.1 Å². The first-order chi connectivity index (χ1) is 14.6. The first kappa shape index (κ1) is 18.6. The molecule has 5 nitrogen and oxygen atoms in total. The summed E-state index contributed by atoms with van der Waals surface area (Å²) in [6.45, 7) is 0. The minimum absolute atomic E-state index is 0.379. The van der Waals surface area contributed by atoms with Crippen molar-refractivity contribution in [2.75, 3.05) is 0 Å². The lowest BCUT2D eigenvalue weighted by Gasteiger charge is -2.31. The molecule has 0 spiro atoms. The van der Waals surface area contributed by atoms with Crippen LogP contribution in [0.2, 0.25) is 5.02 Å². The van der Waals surface area contributed by atoms with Crippen molar-refractivity contribution >= 4 is 34.1 Å². The van der Waals surface area contributed by atoms with Crippen molar-refractivity contribution in [2.24, 2.45) is 17.3 Å². The molecule has 1 atom stereocenters. The monoisotopic (exact) mass is 414 g/mol. The number of hydrogen-bond acceptors (Lipinski definition) is 4. The number of aromatic nitrogens is 1. The average molecular weight is 415 g/mol. The molecule has 0 bridgehead atoms. The third-order valence-corrected chi connectivity index (χ3v) is 5.62. The van der Waals surface area contributed by atoms with E-state index in [-0.39, 0.29) is 0 Å². The van der Waals surface area contributed by atoms with Crippen LogP contribution >= 0.6 is 11.6 Å². The van der Waals surface area contributed by atoms with Crippen molar-refractivity contribution in [3.05, 3.63) is 107 Å². The largest absolute Gasteiger partial charge is 0.350 e.